The van der Waals surface area contributed by atoms with E-state index in [1.54, 1.807) is 18.5 Å². The second-order valence-electron chi connectivity index (χ2n) is 9.78. The molecule has 2 fully saturated rings. The number of ether oxygens (including phenoxy) is 1. The van der Waals surface area contributed by atoms with Crippen LogP contribution in [0.2, 0.25) is 0 Å². The predicted molar refractivity (Wildman–Crippen MR) is 123 cm³/mol. The molecular formula is C25H29F3N4O4. The van der Waals surface area contributed by atoms with E-state index in [9.17, 15) is 27.9 Å². The van der Waals surface area contributed by atoms with Gasteiger partial charge < -0.3 is 20.5 Å². The second kappa shape index (κ2) is 9.68. The predicted octanol–water partition coefficient (Wildman–Crippen LogP) is 3.83. The Kier molecular flexibility index (Phi) is 6.96. The van der Waals surface area contributed by atoms with Crippen molar-refractivity contribution in [2.45, 2.75) is 74.7 Å². The zero-order chi connectivity index (χ0) is 26.1. The number of nitrogens with zero attached hydrogens (tertiary/aromatic N) is 3. The maximum absolute atomic E-state index is 13.5. The molecule has 0 spiro atoms. The zero-order valence-electron chi connectivity index (χ0n) is 19.9. The van der Waals surface area contributed by atoms with Crippen LogP contribution in [0, 0.1) is 0 Å². The number of nitrogens with two attached hydrogens (primary N) is 1. The highest BCUT2D eigenvalue weighted by molar-refractivity contribution is 5.95. The van der Waals surface area contributed by atoms with Gasteiger partial charge in [0.05, 0.1) is 5.41 Å². The van der Waals surface area contributed by atoms with Crippen molar-refractivity contribution in [1.82, 2.24) is 14.9 Å². The molecule has 194 valence electrons. The van der Waals surface area contributed by atoms with Gasteiger partial charge in [0.2, 0.25) is 0 Å². The maximum Gasteiger partial charge on any atom is 0.421 e. The average Bonchev–Trinajstić information content (AvgIpc) is 3.69. The third-order valence-corrected chi connectivity index (χ3v) is 7.26. The molecule has 11 heteroatoms. The van der Waals surface area contributed by atoms with E-state index in [0.717, 1.165) is 25.0 Å². The van der Waals surface area contributed by atoms with E-state index in [-0.39, 0.29) is 35.7 Å². The lowest BCUT2D eigenvalue weighted by Gasteiger charge is -2.42. The van der Waals surface area contributed by atoms with E-state index in [0.29, 0.717) is 38.4 Å². The molecule has 1 aromatic heterocycles. The Hall–Kier alpha value is -3.21. The van der Waals surface area contributed by atoms with Crippen molar-refractivity contribution in [3.8, 4) is 0 Å². The molecule has 0 bridgehead atoms. The fourth-order valence-electron chi connectivity index (χ4n) is 4.88. The minimum atomic E-state index is -4.84. The minimum absolute atomic E-state index is 0.0387. The third-order valence-electron chi connectivity index (χ3n) is 7.26. The highest BCUT2D eigenvalue weighted by atomic mass is 19.4. The first-order valence-electron chi connectivity index (χ1n) is 11.9. The lowest BCUT2D eigenvalue weighted by Crippen LogP contribution is -2.48. The molecule has 1 aromatic carbocycles. The van der Waals surface area contributed by atoms with Gasteiger partial charge in [-0.1, -0.05) is 12.1 Å². The standard InChI is InChI=1S/C25H29F3N4O4/c1-23(35,25(26,27)28)17-5-3-16(4-6-17)20(33)32(18-7-8-18)19-9-11-24(12-10-19,15-36-22(29)34)21-30-13-2-14-31-21/h2-6,13-14,18-19,35H,7-12,15H2,1H3,(H2,29,34). The lowest BCUT2D eigenvalue weighted by atomic mass is 9.71. The molecule has 1 heterocycles. The van der Waals surface area contributed by atoms with E-state index < -0.39 is 23.3 Å². The van der Waals surface area contributed by atoms with Gasteiger partial charge in [-0.3, -0.25) is 4.79 Å². The topological polar surface area (TPSA) is 119 Å². The third kappa shape index (κ3) is 5.16. The van der Waals surface area contributed by atoms with Gasteiger partial charge in [0.15, 0.2) is 5.60 Å². The van der Waals surface area contributed by atoms with Crippen molar-refractivity contribution < 1.29 is 32.6 Å². The number of primary amides is 1. The van der Waals surface area contributed by atoms with Crippen LogP contribution < -0.4 is 5.73 Å². The van der Waals surface area contributed by atoms with Crippen LogP contribution in [0.5, 0.6) is 0 Å². The Balaban J connectivity index is 1.51. The Bertz CT molecular complexity index is 1080. The molecule has 2 aromatic rings. The summed E-state index contributed by atoms with van der Waals surface area (Å²) in [5.41, 5.74) is 1.52. The van der Waals surface area contributed by atoms with E-state index in [1.807, 2.05) is 4.90 Å². The number of carbonyl (C=O) groups excluding carboxylic acids is 2. The zero-order valence-corrected chi connectivity index (χ0v) is 19.9. The summed E-state index contributed by atoms with van der Waals surface area (Å²) in [4.78, 5) is 35.3. The number of hydrogen-bond donors (Lipinski definition) is 2. The Morgan fingerprint density at radius 3 is 2.14 bits per heavy atom. The van der Waals surface area contributed by atoms with Crippen LogP contribution in [0.1, 0.15) is 67.2 Å². The van der Waals surface area contributed by atoms with Crippen LogP contribution in [0.3, 0.4) is 0 Å². The van der Waals surface area contributed by atoms with Crippen molar-refractivity contribution in [1.29, 1.82) is 0 Å². The van der Waals surface area contributed by atoms with E-state index in [2.05, 4.69) is 9.97 Å². The van der Waals surface area contributed by atoms with Crippen molar-refractivity contribution in [2.24, 2.45) is 5.73 Å². The van der Waals surface area contributed by atoms with Crippen LogP contribution in [-0.4, -0.2) is 56.8 Å². The van der Waals surface area contributed by atoms with Gasteiger partial charge in [0, 0.05) is 30.0 Å². The van der Waals surface area contributed by atoms with E-state index >= 15 is 0 Å². The summed E-state index contributed by atoms with van der Waals surface area (Å²) in [7, 11) is 0. The molecule has 1 unspecified atom stereocenters. The first-order chi connectivity index (χ1) is 16.9. The van der Waals surface area contributed by atoms with Gasteiger partial charge in [-0.05, 0) is 69.2 Å². The van der Waals surface area contributed by atoms with Crippen molar-refractivity contribution in [2.75, 3.05) is 6.61 Å². The molecule has 3 N–H and O–H groups in total. The summed E-state index contributed by atoms with van der Waals surface area (Å²) in [5.74, 6) is 0.304. The molecule has 4 rings (SSSR count). The van der Waals surface area contributed by atoms with E-state index in [1.165, 1.54) is 12.1 Å². The number of halogens is 3. The number of hydrogen-bond acceptors (Lipinski definition) is 6. The Labute approximate surface area is 206 Å². The van der Waals surface area contributed by atoms with Crippen LogP contribution in [0.15, 0.2) is 42.7 Å². The van der Waals surface area contributed by atoms with Crippen LogP contribution in [-0.2, 0) is 15.8 Å². The summed E-state index contributed by atoms with van der Waals surface area (Å²) in [5, 5.41) is 9.91. The number of aliphatic hydroxyl groups is 1. The molecule has 2 amide bonds. The first kappa shape index (κ1) is 25.9. The number of benzene rings is 1. The average molecular weight is 507 g/mol. The number of rotatable bonds is 7. The molecule has 2 saturated carbocycles. The normalized spacial score (nSPS) is 24.0. The van der Waals surface area contributed by atoms with Gasteiger partial charge in [0.1, 0.15) is 12.4 Å². The fourth-order valence-corrected chi connectivity index (χ4v) is 4.88. The number of aromatic nitrogens is 2. The van der Waals surface area contributed by atoms with Crippen LogP contribution in [0.25, 0.3) is 0 Å². The Morgan fingerprint density at radius 1 is 1.08 bits per heavy atom. The number of carbonyl (C=O) groups is 2. The van der Waals surface area contributed by atoms with Gasteiger partial charge >= 0.3 is 12.3 Å². The van der Waals surface area contributed by atoms with Crippen molar-refractivity contribution >= 4 is 12.0 Å². The fraction of sp³-hybridized carbons (Fsp3) is 0.520. The highest BCUT2D eigenvalue weighted by Crippen LogP contribution is 2.43. The smallest absolute Gasteiger partial charge is 0.421 e. The molecule has 0 saturated heterocycles. The summed E-state index contributed by atoms with van der Waals surface area (Å²) in [6, 6.07) is 6.63. The van der Waals surface area contributed by atoms with Gasteiger partial charge in [-0.2, -0.15) is 13.2 Å². The molecule has 2 aliphatic rings. The lowest BCUT2D eigenvalue weighted by molar-refractivity contribution is -0.258. The number of alkyl halides is 3. The quantitative estimate of drug-likeness (QED) is 0.589. The second-order valence-corrected chi connectivity index (χ2v) is 9.78. The van der Waals surface area contributed by atoms with Gasteiger partial charge in [-0.25, -0.2) is 14.8 Å². The molecule has 0 aliphatic heterocycles. The maximum atomic E-state index is 13.5. The first-order valence-corrected chi connectivity index (χ1v) is 11.9. The minimum Gasteiger partial charge on any atom is -0.449 e. The molecule has 36 heavy (non-hydrogen) atoms. The SMILES string of the molecule is CC(O)(c1ccc(C(=O)N(C2CC2)C2CCC(COC(N)=O)(c3ncccn3)CC2)cc1)C(F)(F)F. The van der Waals surface area contributed by atoms with Crippen LogP contribution >= 0.6 is 0 Å². The molecule has 0 radical (unpaired) electrons. The summed E-state index contributed by atoms with van der Waals surface area (Å²) >= 11 is 0. The molecule has 1 atom stereocenters. The Morgan fingerprint density at radius 2 is 1.64 bits per heavy atom. The molecule has 2 aliphatic carbocycles. The van der Waals surface area contributed by atoms with Crippen molar-refractivity contribution in [3.63, 3.8) is 0 Å². The highest BCUT2D eigenvalue weighted by Gasteiger charge is 2.51. The monoisotopic (exact) mass is 506 g/mol. The van der Waals surface area contributed by atoms with Crippen molar-refractivity contribution in [3.05, 3.63) is 59.7 Å². The van der Waals surface area contributed by atoms with Gasteiger partial charge in [0.25, 0.3) is 5.91 Å². The largest absolute Gasteiger partial charge is 0.449 e. The summed E-state index contributed by atoms with van der Waals surface area (Å²) < 4.78 is 44.7. The summed E-state index contributed by atoms with van der Waals surface area (Å²) in [6.07, 6.45) is 1.62. The van der Waals surface area contributed by atoms with Crippen LogP contribution in [0.4, 0.5) is 18.0 Å². The summed E-state index contributed by atoms with van der Waals surface area (Å²) in [6.45, 7) is 0.726. The van der Waals surface area contributed by atoms with E-state index in [4.69, 9.17) is 10.5 Å². The van der Waals surface area contributed by atoms with Gasteiger partial charge in [-0.15, -0.1) is 0 Å². The number of amides is 2. The molecule has 8 nitrogen and oxygen atoms in total. The molecular weight excluding hydrogens is 477 g/mol.